The molecule has 8 nitrogen and oxygen atoms in total. The fraction of sp³-hybridized carbons (Fsp3) is 0.222. The van der Waals surface area contributed by atoms with Gasteiger partial charge in [-0.05, 0) is 30.3 Å². The Morgan fingerprint density at radius 3 is 1.62 bits per heavy atom. The molecule has 2 aromatic rings. The molecule has 14 heteroatoms. The van der Waals surface area contributed by atoms with Crippen LogP contribution in [0.1, 0.15) is 31.8 Å². The molecular formula is C18H14F6N2O6. The minimum atomic E-state index is -4.91. The van der Waals surface area contributed by atoms with Gasteiger partial charge in [-0.15, -0.1) is 0 Å². The number of anilines is 1. The highest BCUT2D eigenvalue weighted by atomic mass is 19.4. The van der Waals surface area contributed by atoms with Gasteiger partial charge < -0.3 is 15.2 Å². The summed E-state index contributed by atoms with van der Waals surface area (Å²) in [5.41, 5.74) is 0.521. The summed E-state index contributed by atoms with van der Waals surface area (Å²) in [6, 6.07) is 4.78. The summed E-state index contributed by atoms with van der Waals surface area (Å²) in [6.07, 6.45) is -9.49. The number of carbonyl (C=O) groups excluding carboxylic acids is 2. The molecular weight excluding hydrogens is 454 g/mol. The number of rotatable bonds is 3. The molecule has 174 valence electrons. The van der Waals surface area contributed by atoms with Crippen molar-refractivity contribution < 1.29 is 50.3 Å². The standard InChI is InChI=1S/C9H6F3NO4.C9H8F3NO2/c1-17-8(14)5-2-3-7(13(15)16)6(4-5)9(10,11)12;1-15-8(14)5-2-3-7(13)6(4-5)9(10,11)12/h2-4H,1H3;2-4H,13H2,1H3. The van der Waals surface area contributed by atoms with Gasteiger partial charge in [-0.3, -0.25) is 10.1 Å². The van der Waals surface area contributed by atoms with E-state index in [2.05, 4.69) is 9.47 Å². The molecule has 0 unspecified atom stereocenters. The van der Waals surface area contributed by atoms with Crippen LogP contribution in [-0.4, -0.2) is 31.1 Å². The SMILES string of the molecule is COC(=O)c1ccc(N)c(C(F)(F)F)c1.COC(=O)c1ccc([N+](=O)[O-])c(C(F)(F)F)c1. The zero-order chi connectivity index (χ0) is 24.9. The van der Waals surface area contributed by atoms with E-state index in [1.54, 1.807) is 0 Å². The molecule has 0 fully saturated rings. The molecule has 0 radical (unpaired) electrons. The van der Waals surface area contributed by atoms with Crippen molar-refractivity contribution in [1.82, 2.24) is 0 Å². The van der Waals surface area contributed by atoms with Crippen LogP contribution in [0.3, 0.4) is 0 Å². The lowest BCUT2D eigenvalue weighted by Crippen LogP contribution is -2.11. The van der Waals surface area contributed by atoms with Crippen LogP contribution in [0.4, 0.5) is 37.7 Å². The Hall–Kier alpha value is -3.84. The van der Waals surface area contributed by atoms with Crippen LogP contribution in [0.2, 0.25) is 0 Å². The first-order valence-corrected chi connectivity index (χ1v) is 8.12. The van der Waals surface area contributed by atoms with Crippen LogP contribution in [0.15, 0.2) is 36.4 Å². The van der Waals surface area contributed by atoms with Crippen molar-refractivity contribution in [2.45, 2.75) is 12.4 Å². The van der Waals surface area contributed by atoms with Crippen molar-refractivity contribution in [2.24, 2.45) is 0 Å². The highest BCUT2D eigenvalue weighted by Crippen LogP contribution is 2.36. The van der Waals surface area contributed by atoms with E-state index in [4.69, 9.17) is 5.73 Å². The van der Waals surface area contributed by atoms with Crippen molar-refractivity contribution in [3.05, 3.63) is 68.8 Å². The number of nitrogens with zero attached hydrogens (tertiary/aromatic N) is 1. The first-order valence-electron chi connectivity index (χ1n) is 8.12. The monoisotopic (exact) mass is 468 g/mol. The van der Waals surface area contributed by atoms with Gasteiger partial charge in [-0.2, -0.15) is 26.3 Å². The van der Waals surface area contributed by atoms with E-state index in [0.29, 0.717) is 18.2 Å². The topological polar surface area (TPSA) is 122 Å². The molecule has 2 N–H and O–H groups in total. The maximum Gasteiger partial charge on any atom is 0.423 e. The van der Waals surface area contributed by atoms with Gasteiger partial charge in [0.25, 0.3) is 5.69 Å². The van der Waals surface area contributed by atoms with Gasteiger partial charge in [0.15, 0.2) is 0 Å². The van der Waals surface area contributed by atoms with Gasteiger partial charge in [0, 0.05) is 11.8 Å². The van der Waals surface area contributed by atoms with Gasteiger partial charge in [0.05, 0.1) is 35.8 Å². The number of benzene rings is 2. The molecule has 32 heavy (non-hydrogen) atoms. The quantitative estimate of drug-likeness (QED) is 0.232. The van der Waals surface area contributed by atoms with E-state index in [-0.39, 0.29) is 5.56 Å². The van der Waals surface area contributed by atoms with Crippen LogP contribution >= 0.6 is 0 Å². The lowest BCUT2D eigenvalue weighted by Gasteiger charge is -2.10. The number of nitro benzene ring substituents is 1. The smallest absolute Gasteiger partial charge is 0.423 e. The average molecular weight is 468 g/mol. The molecule has 0 amide bonds. The van der Waals surface area contributed by atoms with Gasteiger partial charge in [-0.1, -0.05) is 0 Å². The maximum atomic E-state index is 12.5. The molecule has 0 saturated carbocycles. The van der Waals surface area contributed by atoms with E-state index in [1.807, 2.05) is 0 Å². The van der Waals surface area contributed by atoms with Crippen molar-refractivity contribution in [1.29, 1.82) is 0 Å². The zero-order valence-electron chi connectivity index (χ0n) is 16.2. The summed E-state index contributed by atoms with van der Waals surface area (Å²) in [5.74, 6) is -1.83. The molecule has 0 aliphatic heterocycles. The van der Waals surface area contributed by atoms with Crippen molar-refractivity contribution in [3.63, 3.8) is 0 Å². The molecule has 0 aromatic heterocycles. The molecule has 2 aromatic carbocycles. The number of methoxy groups -OCH3 is 2. The fourth-order valence-electron chi connectivity index (χ4n) is 2.21. The third kappa shape index (κ3) is 6.58. The molecule has 0 heterocycles. The third-order valence-corrected chi connectivity index (χ3v) is 3.70. The second kappa shape index (κ2) is 9.98. The Morgan fingerprint density at radius 1 is 0.844 bits per heavy atom. The highest BCUT2D eigenvalue weighted by molar-refractivity contribution is 5.90. The Balaban J connectivity index is 0.000000323. The zero-order valence-corrected chi connectivity index (χ0v) is 16.2. The first kappa shape index (κ1) is 26.2. The lowest BCUT2D eigenvalue weighted by atomic mass is 10.1. The van der Waals surface area contributed by atoms with E-state index in [9.17, 15) is 46.0 Å². The van der Waals surface area contributed by atoms with Crippen molar-refractivity contribution in [3.8, 4) is 0 Å². The van der Waals surface area contributed by atoms with Crippen molar-refractivity contribution in [2.75, 3.05) is 20.0 Å². The predicted octanol–water partition coefficient (Wildman–Crippen LogP) is 4.47. The minimum Gasteiger partial charge on any atom is -0.465 e. The summed E-state index contributed by atoms with van der Waals surface area (Å²) in [6.45, 7) is 0. The number of hydrogen-bond acceptors (Lipinski definition) is 7. The largest absolute Gasteiger partial charge is 0.465 e. The number of esters is 2. The number of nitrogens with two attached hydrogens (primary N) is 1. The average Bonchev–Trinajstić information content (AvgIpc) is 2.71. The Morgan fingerprint density at radius 2 is 1.25 bits per heavy atom. The number of nitrogen functional groups attached to an aromatic ring is 1. The summed E-state index contributed by atoms with van der Waals surface area (Å²) in [4.78, 5) is 31.2. The normalized spacial score (nSPS) is 11.1. The lowest BCUT2D eigenvalue weighted by molar-refractivity contribution is -0.388. The number of alkyl halides is 6. The van der Waals surface area contributed by atoms with Crippen LogP contribution in [0.5, 0.6) is 0 Å². The fourth-order valence-corrected chi connectivity index (χ4v) is 2.21. The Kier molecular flexibility index (Phi) is 8.17. The Bertz CT molecular complexity index is 1020. The third-order valence-electron chi connectivity index (χ3n) is 3.70. The number of ether oxygens (including phenoxy) is 2. The predicted molar refractivity (Wildman–Crippen MR) is 96.6 cm³/mol. The van der Waals surface area contributed by atoms with Gasteiger partial charge >= 0.3 is 24.3 Å². The molecule has 0 atom stereocenters. The summed E-state index contributed by atoms with van der Waals surface area (Å²) >= 11 is 0. The van der Waals surface area contributed by atoms with E-state index < -0.39 is 57.3 Å². The highest BCUT2D eigenvalue weighted by Gasteiger charge is 2.39. The van der Waals surface area contributed by atoms with Crippen LogP contribution in [0, 0.1) is 10.1 Å². The molecule has 0 aliphatic carbocycles. The van der Waals surface area contributed by atoms with Gasteiger partial charge in [0.1, 0.15) is 5.56 Å². The van der Waals surface area contributed by atoms with Crippen LogP contribution in [-0.2, 0) is 21.8 Å². The summed E-state index contributed by atoms with van der Waals surface area (Å²) in [7, 11) is 2.09. The van der Waals surface area contributed by atoms with Gasteiger partial charge in [-0.25, -0.2) is 9.59 Å². The molecule has 0 aliphatic rings. The maximum absolute atomic E-state index is 12.5. The first-order chi connectivity index (χ1) is 14.6. The Labute approximate surface area is 175 Å². The molecule has 0 bridgehead atoms. The second-order valence-corrected chi connectivity index (χ2v) is 5.77. The number of halogens is 6. The summed E-state index contributed by atoms with van der Waals surface area (Å²) in [5, 5.41) is 10.4. The molecule has 2 rings (SSSR count). The van der Waals surface area contributed by atoms with E-state index in [0.717, 1.165) is 26.4 Å². The number of nitro groups is 1. The van der Waals surface area contributed by atoms with Crippen molar-refractivity contribution >= 4 is 23.3 Å². The number of hydrogen-bond donors (Lipinski definition) is 1. The minimum absolute atomic E-state index is 0.181. The number of carbonyl (C=O) groups is 2. The van der Waals surface area contributed by atoms with E-state index in [1.165, 1.54) is 6.07 Å². The van der Waals surface area contributed by atoms with Gasteiger partial charge in [0.2, 0.25) is 0 Å². The van der Waals surface area contributed by atoms with Crippen LogP contribution < -0.4 is 5.73 Å². The molecule has 0 saturated heterocycles. The van der Waals surface area contributed by atoms with Crippen LogP contribution in [0.25, 0.3) is 0 Å². The summed E-state index contributed by atoms with van der Waals surface area (Å²) < 4.78 is 83.1. The second-order valence-electron chi connectivity index (χ2n) is 5.77. The molecule has 0 spiro atoms. The van der Waals surface area contributed by atoms with E-state index >= 15 is 0 Å².